The number of carbonyl (C=O) groups excluding carboxylic acids is 1. The van der Waals surface area contributed by atoms with Gasteiger partial charge < -0.3 is 9.73 Å². The van der Waals surface area contributed by atoms with Crippen molar-refractivity contribution in [3.05, 3.63) is 24.0 Å². The molecule has 2 aromatic rings. The Bertz CT molecular complexity index is 719. The van der Waals surface area contributed by atoms with Crippen LogP contribution in [0, 0.1) is 0 Å². The van der Waals surface area contributed by atoms with Crippen LogP contribution in [0.2, 0.25) is 0 Å². The van der Waals surface area contributed by atoms with Crippen LogP contribution in [0.15, 0.2) is 16.7 Å². The fourth-order valence-corrected chi connectivity index (χ4v) is 2.83. The van der Waals surface area contributed by atoms with E-state index in [4.69, 9.17) is 4.42 Å². The normalized spacial score (nSPS) is 15.6. The van der Waals surface area contributed by atoms with E-state index in [1.165, 1.54) is 6.07 Å². The minimum atomic E-state index is -4.36. The van der Waals surface area contributed by atoms with Gasteiger partial charge >= 0.3 is 6.18 Å². The number of nitrogens with zero attached hydrogens (tertiary/aromatic N) is 4. The highest BCUT2D eigenvalue weighted by Gasteiger charge is 2.28. The second-order valence-electron chi connectivity index (χ2n) is 6.08. The molecule has 0 atom stereocenters. The summed E-state index contributed by atoms with van der Waals surface area (Å²) in [5.74, 6) is 1.02. The minimum Gasteiger partial charge on any atom is -0.425 e. The maximum atomic E-state index is 12.3. The predicted octanol–water partition coefficient (Wildman–Crippen LogP) is 3.06. The van der Waals surface area contributed by atoms with E-state index in [1.54, 1.807) is 0 Å². The van der Waals surface area contributed by atoms with Gasteiger partial charge in [0.05, 0.1) is 0 Å². The summed E-state index contributed by atoms with van der Waals surface area (Å²) in [6.07, 6.45) is 1.56. The Morgan fingerprint density at radius 2 is 2.08 bits per heavy atom. The van der Waals surface area contributed by atoms with E-state index < -0.39 is 12.7 Å². The third-order valence-corrected chi connectivity index (χ3v) is 4.00. The zero-order valence-corrected chi connectivity index (χ0v) is 13.4. The van der Waals surface area contributed by atoms with Crippen molar-refractivity contribution in [2.75, 3.05) is 5.32 Å². The summed E-state index contributed by atoms with van der Waals surface area (Å²) in [4.78, 5) is 11.9. The average Bonchev–Trinajstić information content (AvgIpc) is 3.25. The van der Waals surface area contributed by atoms with Crippen LogP contribution in [0.5, 0.6) is 0 Å². The lowest BCUT2D eigenvalue weighted by molar-refractivity contribution is -0.142. The van der Waals surface area contributed by atoms with Crippen molar-refractivity contribution in [3.63, 3.8) is 0 Å². The first-order chi connectivity index (χ1) is 11.9. The van der Waals surface area contributed by atoms with Crippen LogP contribution in [0.4, 0.5) is 19.0 Å². The lowest BCUT2D eigenvalue weighted by Crippen LogP contribution is -2.18. The molecule has 1 aliphatic rings. The third-order valence-electron chi connectivity index (χ3n) is 4.00. The van der Waals surface area contributed by atoms with Crippen LogP contribution in [-0.4, -0.2) is 32.1 Å². The second kappa shape index (κ2) is 7.24. The standard InChI is InChI=1S/C15H18F3N5O2/c16-15(17,18)9-23-8-7-11(22-23)19-12(24)5-6-13-20-21-14(25-13)10-3-1-2-4-10/h7-8,10H,1-6,9H2,(H,19,22,24). The van der Waals surface area contributed by atoms with Crippen LogP contribution in [-0.2, 0) is 17.8 Å². The lowest BCUT2D eigenvalue weighted by Gasteiger charge is -2.05. The largest absolute Gasteiger partial charge is 0.425 e. The zero-order chi connectivity index (χ0) is 17.9. The third kappa shape index (κ3) is 5.04. The highest BCUT2D eigenvalue weighted by Crippen LogP contribution is 2.33. The summed E-state index contributed by atoms with van der Waals surface area (Å²) in [5, 5.41) is 14.1. The molecule has 0 bridgehead atoms. The first kappa shape index (κ1) is 17.4. The van der Waals surface area contributed by atoms with E-state index in [1.807, 2.05) is 0 Å². The lowest BCUT2D eigenvalue weighted by atomic mass is 10.1. The fourth-order valence-electron chi connectivity index (χ4n) is 2.83. The molecule has 2 aromatic heterocycles. The molecule has 0 radical (unpaired) electrons. The molecule has 1 saturated carbocycles. The molecule has 0 aliphatic heterocycles. The molecule has 1 amide bonds. The quantitative estimate of drug-likeness (QED) is 0.859. The van der Waals surface area contributed by atoms with Crippen molar-refractivity contribution < 1.29 is 22.4 Å². The van der Waals surface area contributed by atoms with Gasteiger partial charge in [0, 0.05) is 31.0 Å². The molecular weight excluding hydrogens is 339 g/mol. The molecule has 136 valence electrons. The van der Waals surface area contributed by atoms with Crippen LogP contribution in [0.1, 0.15) is 49.8 Å². The Hall–Kier alpha value is -2.39. The van der Waals surface area contributed by atoms with Gasteiger partial charge in [-0.2, -0.15) is 18.3 Å². The summed E-state index contributed by atoms with van der Waals surface area (Å²) >= 11 is 0. The van der Waals surface area contributed by atoms with Crippen LogP contribution in [0.25, 0.3) is 0 Å². The van der Waals surface area contributed by atoms with Gasteiger partial charge in [-0.05, 0) is 12.8 Å². The van der Waals surface area contributed by atoms with Gasteiger partial charge in [0.25, 0.3) is 0 Å². The van der Waals surface area contributed by atoms with Gasteiger partial charge in [-0.1, -0.05) is 12.8 Å². The molecule has 0 unspecified atom stereocenters. The molecule has 25 heavy (non-hydrogen) atoms. The highest BCUT2D eigenvalue weighted by atomic mass is 19.4. The molecular formula is C15H18F3N5O2. The van der Waals surface area contributed by atoms with E-state index in [0.717, 1.165) is 36.6 Å². The monoisotopic (exact) mass is 357 g/mol. The number of hydrogen-bond donors (Lipinski definition) is 1. The number of halogens is 3. The van der Waals surface area contributed by atoms with E-state index in [9.17, 15) is 18.0 Å². The smallest absolute Gasteiger partial charge is 0.408 e. The van der Waals surface area contributed by atoms with Crippen LogP contribution >= 0.6 is 0 Å². The van der Waals surface area contributed by atoms with Crippen molar-refractivity contribution in [1.29, 1.82) is 0 Å². The molecule has 0 saturated heterocycles. The molecule has 10 heteroatoms. The molecule has 1 fully saturated rings. The molecule has 0 aromatic carbocycles. The first-order valence-corrected chi connectivity index (χ1v) is 8.11. The molecule has 1 N–H and O–H groups in total. The summed E-state index contributed by atoms with van der Waals surface area (Å²) < 4.78 is 43.1. The van der Waals surface area contributed by atoms with Crippen molar-refractivity contribution in [1.82, 2.24) is 20.0 Å². The Labute approximate surface area is 141 Å². The Balaban J connectivity index is 1.46. The summed E-state index contributed by atoms with van der Waals surface area (Å²) in [6, 6.07) is 1.31. The molecule has 3 rings (SSSR count). The molecule has 0 spiro atoms. The number of aromatic nitrogens is 4. The number of alkyl halides is 3. The van der Waals surface area contributed by atoms with E-state index in [0.29, 0.717) is 17.7 Å². The first-order valence-electron chi connectivity index (χ1n) is 8.11. The summed E-state index contributed by atoms with van der Waals surface area (Å²) in [6.45, 7) is -1.20. The topological polar surface area (TPSA) is 85.8 Å². The van der Waals surface area contributed by atoms with Gasteiger partial charge in [-0.3, -0.25) is 9.48 Å². The summed E-state index contributed by atoms with van der Waals surface area (Å²) in [7, 11) is 0. The maximum Gasteiger partial charge on any atom is 0.408 e. The van der Waals surface area contributed by atoms with Crippen molar-refractivity contribution in [2.45, 2.75) is 57.2 Å². The fraction of sp³-hybridized carbons (Fsp3) is 0.600. The van der Waals surface area contributed by atoms with Crippen molar-refractivity contribution >= 4 is 11.7 Å². The van der Waals surface area contributed by atoms with Crippen molar-refractivity contribution in [3.8, 4) is 0 Å². The average molecular weight is 357 g/mol. The number of amides is 1. The Kier molecular flexibility index (Phi) is 5.05. The SMILES string of the molecule is O=C(CCc1nnc(C2CCCC2)o1)Nc1ccn(CC(F)(F)F)n1. The van der Waals surface area contributed by atoms with Crippen LogP contribution < -0.4 is 5.32 Å². The number of anilines is 1. The second-order valence-corrected chi connectivity index (χ2v) is 6.08. The van der Waals surface area contributed by atoms with Gasteiger partial charge in [-0.25, -0.2) is 0 Å². The predicted molar refractivity (Wildman–Crippen MR) is 80.7 cm³/mol. The maximum absolute atomic E-state index is 12.3. The number of hydrogen-bond acceptors (Lipinski definition) is 5. The van der Waals surface area contributed by atoms with Gasteiger partial charge in [0.15, 0.2) is 5.82 Å². The number of nitrogens with one attached hydrogen (secondary N) is 1. The van der Waals surface area contributed by atoms with E-state index in [2.05, 4.69) is 20.6 Å². The number of aryl methyl sites for hydroxylation is 1. The van der Waals surface area contributed by atoms with Gasteiger partial charge in [0.1, 0.15) is 6.54 Å². The van der Waals surface area contributed by atoms with E-state index >= 15 is 0 Å². The highest BCUT2D eigenvalue weighted by molar-refractivity contribution is 5.89. The van der Waals surface area contributed by atoms with Gasteiger partial charge in [0.2, 0.25) is 17.7 Å². The minimum absolute atomic E-state index is 0.0754. The number of carbonyl (C=O) groups is 1. The van der Waals surface area contributed by atoms with E-state index in [-0.39, 0.29) is 24.6 Å². The zero-order valence-electron chi connectivity index (χ0n) is 13.4. The van der Waals surface area contributed by atoms with Gasteiger partial charge in [-0.15, -0.1) is 10.2 Å². The molecule has 2 heterocycles. The molecule has 1 aliphatic carbocycles. The van der Waals surface area contributed by atoms with Crippen molar-refractivity contribution in [2.24, 2.45) is 0 Å². The Morgan fingerprint density at radius 1 is 1.32 bits per heavy atom. The number of rotatable bonds is 6. The van der Waals surface area contributed by atoms with Crippen LogP contribution in [0.3, 0.4) is 0 Å². The molecule has 7 nitrogen and oxygen atoms in total. The Morgan fingerprint density at radius 3 is 2.80 bits per heavy atom. The summed E-state index contributed by atoms with van der Waals surface area (Å²) in [5.41, 5.74) is 0.